The molecule has 3 unspecified atom stereocenters. The van der Waals surface area contributed by atoms with Crippen LogP contribution >= 0.6 is 0 Å². The fraction of sp³-hybridized carbons (Fsp3) is 0.815. The molecule has 0 saturated heterocycles. The van der Waals surface area contributed by atoms with Crippen LogP contribution < -0.4 is 0 Å². The van der Waals surface area contributed by atoms with Crippen LogP contribution in [0.2, 0.25) is 0 Å². The third kappa shape index (κ3) is 4.61. The summed E-state index contributed by atoms with van der Waals surface area (Å²) in [6.45, 7) is 7.14. The molecule has 0 aromatic heterocycles. The van der Waals surface area contributed by atoms with Crippen molar-refractivity contribution >= 4 is 5.97 Å². The fourth-order valence-corrected chi connectivity index (χ4v) is 8.31. The second-order valence-corrected chi connectivity index (χ2v) is 11.5. The highest BCUT2D eigenvalue weighted by molar-refractivity contribution is 5.69. The van der Waals surface area contributed by atoms with E-state index in [1.165, 1.54) is 37.7 Å². The van der Waals surface area contributed by atoms with Crippen LogP contribution in [0, 0.1) is 34.5 Å². The number of ether oxygens (including phenoxy) is 1. The summed E-state index contributed by atoms with van der Waals surface area (Å²) in [5.41, 5.74) is 12.0. The zero-order valence-electron chi connectivity index (χ0n) is 20.6. The van der Waals surface area contributed by atoms with Crippen LogP contribution in [0.1, 0.15) is 91.4 Å². The second kappa shape index (κ2) is 9.84. The Morgan fingerprint density at radius 2 is 2.09 bits per heavy atom. The highest BCUT2D eigenvalue weighted by atomic mass is 16.5. The molecule has 6 heteroatoms. The third-order valence-electron chi connectivity index (χ3n) is 10.0. The number of unbranched alkanes of at least 4 members (excludes halogenated alkanes) is 1. The maximum absolute atomic E-state index is 11.7. The summed E-state index contributed by atoms with van der Waals surface area (Å²) >= 11 is 0. The molecule has 3 fully saturated rings. The smallest absolute Gasteiger partial charge is 0.305 e. The van der Waals surface area contributed by atoms with Crippen LogP contribution in [0.3, 0.4) is 0 Å². The molecule has 4 aliphatic carbocycles. The van der Waals surface area contributed by atoms with Gasteiger partial charge >= 0.3 is 5.97 Å². The van der Waals surface area contributed by atoms with Crippen LogP contribution in [0.15, 0.2) is 28.4 Å². The van der Waals surface area contributed by atoms with E-state index in [0.29, 0.717) is 23.2 Å². The second-order valence-electron chi connectivity index (χ2n) is 11.5. The summed E-state index contributed by atoms with van der Waals surface area (Å²) in [5, 5.41) is 13.5. The summed E-state index contributed by atoms with van der Waals surface area (Å²) in [6, 6.07) is 0. The van der Waals surface area contributed by atoms with Gasteiger partial charge in [0.25, 0.3) is 0 Å². The van der Waals surface area contributed by atoms with Gasteiger partial charge in [0.1, 0.15) is 0 Å². The summed E-state index contributed by atoms with van der Waals surface area (Å²) in [7, 11) is 0. The maximum atomic E-state index is 11.7. The average Bonchev–Trinajstić information content (AvgIpc) is 3.14. The van der Waals surface area contributed by atoms with E-state index in [1.54, 1.807) is 5.57 Å². The molecule has 0 heterocycles. The van der Waals surface area contributed by atoms with Crippen LogP contribution in [0.25, 0.3) is 10.4 Å². The molecule has 6 nitrogen and oxygen atoms in total. The molecule has 0 aromatic rings. The van der Waals surface area contributed by atoms with Crippen molar-refractivity contribution in [1.82, 2.24) is 0 Å². The molecule has 182 valence electrons. The summed E-state index contributed by atoms with van der Waals surface area (Å²) in [5.74, 6) is 2.71. The van der Waals surface area contributed by atoms with Gasteiger partial charge in [0.05, 0.1) is 6.10 Å². The van der Waals surface area contributed by atoms with E-state index in [-0.39, 0.29) is 18.8 Å². The van der Waals surface area contributed by atoms with Gasteiger partial charge < -0.3 is 9.84 Å². The number of carbonyl (C=O) groups excluding carboxylic acids is 1. The van der Waals surface area contributed by atoms with E-state index in [0.717, 1.165) is 49.9 Å². The number of esters is 1. The molecule has 7 atom stereocenters. The first-order chi connectivity index (χ1) is 15.8. The Morgan fingerprint density at radius 3 is 2.88 bits per heavy atom. The van der Waals surface area contributed by atoms with E-state index in [4.69, 9.17) is 10.3 Å². The van der Waals surface area contributed by atoms with Gasteiger partial charge in [-0.25, -0.2) is 0 Å². The monoisotopic (exact) mass is 455 g/mol. The minimum atomic E-state index is -0.298. The number of fused-ring (bicyclic) bond motifs is 5. The van der Waals surface area contributed by atoms with Crippen molar-refractivity contribution in [3.63, 3.8) is 0 Å². The number of aliphatic hydroxyl groups excluding tert-OH is 1. The fourth-order valence-electron chi connectivity index (χ4n) is 8.31. The number of allylic oxidation sites excluding steroid dienone is 3. The molecular formula is C27H41N3O3. The van der Waals surface area contributed by atoms with Gasteiger partial charge in [0.15, 0.2) is 6.73 Å². The Bertz CT molecular complexity index is 861. The SMILES string of the molecule is C/C(=C\CCCC(=O)OCN=[N+]=[N-])[C@H]1CCC2C3CC=C4C[C@@H](O)CC[C@]4(C)C3CC[C@@]21C. The molecule has 1 N–H and O–H groups in total. The van der Waals surface area contributed by atoms with E-state index in [2.05, 4.69) is 42.9 Å². The molecule has 3 saturated carbocycles. The van der Waals surface area contributed by atoms with E-state index >= 15 is 0 Å². The van der Waals surface area contributed by atoms with Crippen molar-refractivity contribution in [3.05, 3.63) is 33.7 Å². The normalized spacial score (nSPS) is 40.1. The Balaban J connectivity index is 1.38. The molecule has 4 aliphatic rings. The van der Waals surface area contributed by atoms with Crippen molar-refractivity contribution in [1.29, 1.82) is 0 Å². The minimum Gasteiger partial charge on any atom is -0.460 e. The standard InChI is InChI=1S/C27H41N3O3/c1-18(6-4-5-7-25(32)33-17-29-30-28)22-10-11-23-21-9-8-19-16-20(31)12-14-26(19,2)24(21)13-15-27(22,23)3/h6,8,20-24,31H,4-5,7,9-17H2,1-3H3/b18-6+/t20-,21?,22+,23?,24?,26-,27+/m0/s1. The Morgan fingerprint density at radius 1 is 1.27 bits per heavy atom. The van der Waals surface area contributed by atoms with Gasteiger partial charge in [-0.3, -0.25) is 4.79 Å². The van der Waals surface area contributed by atoms with Crippen molar-refractivity contribution < 1.29 is 14.6 Å². The number of hydrogen-bond donors (Lipinski definition) is 1. The quantitative estimate of drug-likeness (QED) is 0.113. The van der Waals surface area contributed by atoms with Gasteiger partial charge in [0.2, 0.25) is 0 Å². The molecule has 0 spiro atoms. The highest BCUT2D eigenvalue weighted by Gasteiger charge is 2.58. The number of carbonyl (C=O) groups is 1. The Kier molecular flexibility index (Phi) is 7.26. The van der Waals surface area contributed by atoms with E-state index < -0.39 is 0 Å². The first-order valence-electron chi connectivity index (χ1n) is 13.0. The highest BCUT2D eigenvalue weighted by Crippen LogP contribution is 2.67. The molecule has 0 bridgehead atoms. The number of rotatable bonds is 7. The van der Waals surface area contributed by atoms with Crippen molar-refractivity contribution in [3.8, 4) is 0 Å². The third-order valence-corrected chi connectivity index (χ3v) is 10.0. The van der Waals surface area contributed by atoms with Crippen LogP contribution in [-0.2, 0) is 9.53 Å². The van der Waals surface area contributed by atoms with Crippen LogP contribution in [-0.4, -0.2) is 23.9 Å². The zero-order chi connectivity index (χ0) is 23.6. The van der Waals surface area contributed by atoms with Crippen molar-refractivity contribution in [2.24, 2.45) is 39.6 Å². The molecule has 0 aliphatic heterocycles. The predicted molar refractivity (Wildman–Crippen MR) is 129 cm³/mol. The van der Waals surface area contributed by atoms with E-state index in [9.17, 15) is 9.90 Å². The van der Waals surface area contributed by atoms with Crippen LogP contribution in [0.4, 0.5) is 0 Å². The van der Waals surface area contributed by atoms with E-state index in [1.807, 2.05) is 0 Å². The average molecular weight is 456 g/mol. The molecule has 0 amide bonds. The summed E-state index contributed by atoms with van der Waals surface area (Å²) < 4.78 is 4.88. The lowest BCUT2D eigenvalue weighted by molar-refractivity contribution is -0.143. The Labute approximate surface area is 198 Å². The van der Waals surface area contributed by atoms with Crippen LogP contribution in [0.5, 0.6) is 0 Å². The van der Waals surface area contributed by atoms with Gasteiger partial charge in [-0.1, -0.05) is 42.3 Å². The number of azide groups is 1. The minimum absolute atomic E-state index is 0.133. The molecular weight excluding hydrogens is 414 g/mol. The maximum Gasteiger partial charge on any atom is 0.305 e. The van der Waals surface area contributed by atoms with Gasteiger partial charge in [-0.05, 0) is 111 Å². The largest absolute Gasteiger partial charge is 0.460 e. The molecule has 4 rings (SSSR count). The molecule has 33 heavy (non-hydrogen) atoms. The number of aliphatic hydroxyl groups is 1. The van der Waals surface area contributed by atoms with Crippen molar-refractivity contribution in [2.45, 2.75) is 97.5 Å². The lowest BCUT2D eigenvalue weighted by Gasteiger charge is -2.58. The van der Waals surface area contributed by atoms with Crippen molar-refractivity contribution in [2.75, 3.05) is 6.73 Å². The topological polar surface area (TPSA) is 95.3 Å². The number of nitrogens with zero attached hydrogens (tertiary/aromatic N) is 3. The van der Waals surface area contributed by atoms with Gasteiger partial charge in [-0.2, -0.15) is 0 Å². The first kappa shape index (κ1) is 24.3. The molecule has 0 radical (unpaired) electrons. The Hall–Kier alpha value is -1.78. The predicted octanol–water partition coefficient (Wildman–Crippen LogP) is 6.85. The lowest BCUT2D eigenvalue weighted by Crippen LogP contribution is -2.50. The summed E-state index contributed by atoms with van der Waals surface area (Å²) in [6.07, 6.45) is 16.2. The molecule has 0 aromatic carbocycles. The van der Waals surface area contributed by atoms with Gasteiger partial charge in [0, 0.05) is 11.3 Å². The lowest BCUT2D eigenvalue weighted by atomic mass is 9.47. The van der Waals surface area contributed by atoms with Gasteiger partial charge in [-0.15, -0.1) is 0 Å². The number of hydrogen-bond acceptors (Lipinski definition) is 4. The zero-order valence-corrected chi connectivity index (χ0v) is 20.6. The summed E-state index contributed by atoms with van der Waals surface area (Å²) in [4.78, 5) is 14.3. The first-order valence-corrected chi connectivity index (χ1v) is 13.0.